The van der Waals surface area contributed by atoms with Crippen LogP contribution in [0.5, 0.6) is 5.75 Å². The molecule has 0 heterocycles. The fraction of sp³-hybridized carbons (Fsp3) is 0.562. The molecule has 20 heavy (non-hydrogen) atoms. The Labute approximate surface area is 119 Å². The van der Waals surface area contributed by atoms with Gasteiger partial charge in [-0.2, -0.15) is 0 Å². The van der Waals surface area contributed by atoms with Crippen molar-refractivity contribution in [2.75, 3.05) is 7.11 Å². The number of methoxy groups -OCH3 is 1. The predicted molar refractivity (Wildman–Crippen MR) is 75.1 cm³/mol. The average molecular weight is 275 g/mol. The predicted octanol–water partition coefficient (Wildman–Crippen LogP) is 2.11. The Morgan fingerprint density at radius 2 is 1.95 bits per heavy atom. The molecule has 108 valence electrons. The normalized spacial score (nSPS) is 31.3. The highest BCUT2D eigenvalue weighted by Gasteiger charge is 2.49. The van der Waals surface area contributed by atoms with Crippen LogP contribution in [0.1, 0.15) is 24.8 Å². The van der Waals surface area contributed by atoms with E-state index >= 15 is 0 Å². The van der Waals surface area contributed by atoms with E-state index in [1.165, 1.54) is 6.42 Å². The first-order chi connectivity index (χ1) is 9.69. The molecular formula is C16H21NO3. The summed E-state index contributed by atoms with van der Waals surface area (Å²) in [5.41, 5.74) is 7.12. The summed E-state index contributed by atoms with van der Waals surface area (Å²) < 4.78 is 10.5. The first kappa shape index (κ1) is 13.4. The van der Waals surface area contributed by atoms with E-state index in [-0.39, 0.29) is 17.9 Å². The molecule has 2 aliphatic carbocycles. The zero-order valence-corrected chi connectivity index (χ0v) is 11.7. The standard InChI is InChI=1S/C16H21NO3/c1-19-13-6-2-10(3-7-13)9-20-16(18)14-11-4-5-12(8-11)15(14)17/h2-3,6-7,11-12,14-15H,4-5,8-9,17H2,1H3. The summed E-state index contributed by atoms with van der Waals surface area (Å²) >= 11 is 0. The summed E-state index contributed by atoms with van der Waals surface area (Å²) in [5, 5.41) is 0. The lowest BCUT2D eigenvalue weighted by Crippen LogP contribution is -2.40. The van der Waals surface area contributed by atoms with E-state index in [4.69, 9.17) is 15.2 Å². The van der Waals surface area contributed by atoms with E-state index in [2.05, 4.69) is 0 Å². The molecule has 4 atom stereocenters. The lowest BCUT2D eigenvalue weighted by atomic mass is 9.85. The lowest BCUT2D eigenvalue weighted by Gasteiger charge is -2.26. The third-order valence-corrected chi connectivity index (χ3v) is 4.79. The summed E-state index contributed by atoms with van der Waals surface area (Å²) in [6.07, 6.45) is 3.40. The van der Waals surface area contributed by atoms with Crippen LogP contribution in [0.25, 0.3) is 0 Å². The van der Waals surface area contributed by atoms with Gasteiger partial charge >= 0.3 is 5.97 Å². The van der Waals surface area contributed by atoms with Gasteiger partial charge in [-0.25, -0.2) is 0 Å². The number of hydrogen-bond donors (Lipinski definition) is 1. The average Bonchev–Trinajstić information content (AvgIpc) is 3.06. The lowest BCUT2D eigenvalue weighted by molar-refractivity contribution is -0.152. The minimum atomic E-state index is -0.125. The number of esters is 1. The highest BCUT2D eigenvalue weighted by Crippen LogP contribution is 2.48. The van der Waals surface area contributed by atoms with Crippen molar-refractivity contribution in [1.82, 2.24) is 0 Å². The van der Waals surface area contributed by atoms with Crippen LogP contribution >= 0.6 is 0 Å². The molecule has 4 heteroatoms. The van der Waals surface area contributed by atoms with Crippen LogP contribution in [-0.2, 0) is 16.1 Å². The maximum atomic E-state index is 12.2. The van der Waals surface area contributed by atoms with E-state index in [0.29, 0.717) is 18.4 Å². The molecule has 0 saturated heterocycles. The van der Waals surface area contributed by atoms with Gasteiger partial charge in [0, 0.05) is 6.04 Å². The molecule has 2 bridgehead atoms. The van der Waals surface area contributed by atoms with Gasteiger partial charge in [0.1, 0.15) is 12.4 Å². The van der Waals surface area contributed by atoms with Crippen LogP contribution in [0.2, 0.25) is 0 Å². The van der Waals surface area contributed by atoms with E-state index in [0.717, 1.165) is 24.2 Å². The second-order valence-corrected chi connectivity index (χ2v) is 5.89. The molecular weight excluding hydrogens is 254 g/mol. The minimum Gasteiger partial charge on any atom is -0.497 e. The molecule has 0 radical (unpaired) electrons. The van der Waals surface area contributed by atoms with Gasteiger partial charge in [-0.05, 0) is 48.8 Å². The molecule has 0 spiro atoms. The maximum Gasteiger partial charge on any atom is 0.311 e. The Hall–Kier alpha value is -1.55. The van der Waals surface area contributed by atoms with Crippen molar-refractivity contribution in [2.24, 2.45) is 23.5 Å². The molecule has 1 aromatic rings. The highest BCUT2D eigenvalue weighted by atomic mass is 16.5. The molecule has 0 aliphatic heterocycles. The summed E-state index contributed by atoms with van der Waals surface area (Å²) in [5.74, 6) is 1.56. The van der Waals surface area contributed by atoms with Gasteiger partial charge in [-0.3, -0.25) is 4.79 Å². The monoisotopic (exact) mass is 275 g/mol. The third kappa shape index (κ3) is 2.40. The van der Waals surface area contributed by atoms with Crippen LogP contribution in [0, 0.1) is 17.8 Å². The second kappa shape index (κ2) is 5.44. The van der Waals surface area contributed by atoms with Gasteiger partial charge in [-0.15, -0.1) is 0 Å². The zero-order chi connectivity index (χ0) is 14.1. The smallest absolute Gasteiger partial charge is 0.311 e. The Morgan fingerprint density at radius 3 is 2.55 bits per heavy atom. The number of fused-ring (bicyclic) bond motifs is 2. The Morgan fingerprint density at radius 1 is 1.25 bits per heavy atom. The molecule has 2 saturated carbocycles. The van der Waals surface area contributed by atoms with E-state index in [1.807, 2.05) is 24.3 Å². The first-order valence-corrected chi connectivity index (χ1v) is 7.24. The quantitative estimate of drug-likeness (QED) is 0.855. The number of rotatable bonds is 4. The van der Waals surface area contributed by atoms with Crippen LogP contribution in [0.3, 0.4) is 0 Å². The van der Waals surface area contributed by atoms with Crippen molar-refractivity contribution in [2.45, 2.75) is 31.9 Å². The SMILES string of the molecule is COc1ccc(COC(=O)C2C3CCC(C3)C2N)cc1. The molecule has 2 N–H and O–H groups in total. The van der Waals surface area contributed by atoms with Gasteiger partial charge in [-0.1, -0.05) is 12.1 Å². The zero-order valence-electron chi connectivity index (χ0n) is 11.7. The largest absolute Gasteiger partial charge is 0.497 e. The molecule has 2 fully saturated rings. The summed E-state index contributed by atoms with van der Waals surface area (Å²) in [6, 6.07) is 7.55. The maximum absolute atomic E-state index is 12.2. The number of hydrogen-bond acceptors (Lipinski definition) is 4. The number of ether oxygens (including phenoxy) is 2. The van der Waals surface area contributed by atoms with Crippen molar-refractivity contribution in [1.29, 1.82) is 0 Å². The molecule has 0 aromatic heterocycles. The number of nitrogens with two attached hydrogens (primary N) is 1. The number of benzene rings is 1. The summed E-state index contributed by atoms with van der Waals surface area (Å²) in [4.78, 5) is 12.2. The molecule has 2 aliphatic rings. The first-order valence-electron chi connectivity index (χ1n) is 7.24. The van der Waals surface area contributed by atoms with Gasteiger partial charge in [0.15, 0.2) is 0 Å². The van der Waals surface area contributed by atoms with Crippen molar-refractivity contribution in [3.8, 4) is 5.75 Å². The fourth-order valence-electron chi connectivity index (χ4n) is 3.66. The number of carbonyl (C=O) groups excluding carboxylic acids is 1. The van der Waals surface area contributed by atoms with Crippen molar-refractivity contribution in [3.05, 3.63) is 29.8 Å². The fourth-order valence-corrected chi connectivity index (χ4v) is 3.66. The van der Waals surface area contributed by atoms with Gasteiger partial charge in [0.2, 0.25) is 0 Å². The van der Waals surface area contributed by atoms with Crippen LogP contribution in [0.15, 0.2) is 24.3 Å². The van der Waals surface area contributed by atoms with E-state index < -0.39 is 0 Å². The molecule has 1 aromatic carbocycles. The topological polar surface area (TPSA) is 61.5 Å². The third-order valence-electron chi connectivity index (χ3n) is 4.79. The Kier molecular flexibility index (Phi) is 3.66. The Balaban J connectivity index is 1.56. The van der Waals surface area contributed by atoms with Crippen molar-refractivity contribution >= 4 is 5.97 Å². The van der Waals surface area contributed by atoms with Crippen molar-refractivity contribution < 1.29 is 14.3 Å². The summed E-state index contributed by atoms with van der Waals surface area (Å²) in [7, 11) is 1.63. The molecule has 4 nitrogen and oxygen atoms in total. The van der Waals surface area contributed by atoms with E-state index in [9.17, 15) is 4.79 Å². The molecule has 0 amide bonds. The van der Waals surface area contributed by atoms with Crippen LogP contribution < -0.4 is 10.5 Å². The van der Waals surface area contributed by atoms with E-state index in [1.54, 1.807) is 7.11 Å². The second-order valence-electron chi connectivity index (χ2n) is 5.89. The van der Waals surface area contributed by atoms with Crippen LogP contribution in [-0.4, -0.2) is 19.1 Å². The van der Waals surface area contributed by atoms with Gasteiger partial charge < -0.3 is 15.2 Å². The van der Waals surface area contributed by atoms with Crippen LogP contribution in [0.4, 0.5) is 0 Å². The highest BCUT2D eigenvalue weighted by molar-refractivity contribution is 5.74. The van der Waals surface area contributed by atoms with Gasteiger partial charge in [0.05, 0.1) is 13.0 Å². The molecule has 3 rings (SSSR count). The molecule has 4 unspecified atom stereocenters. The Bertz CT molecular complexity index is 483. The number of carbonyl (C=O) groups is 1. The van der Waals surface area contributed by atoms with Gasteiger partial charge in [0.25, 0.3) is 0 Å². The van der Waals surface area contributed by atoms with Crippen molar-refractivity contribution in [3.63, 3.8) is 0 Å². The summed E-state index contributed by atoms with van der Waals surface area (Å²) in [6.45, 7) is 0.309. The minimum absolute atomic E-state index is 0.00267.